The molecule has 0 aliphatic carbocycles. The number of benzene rings is 1. The Morgan fingerprint density at radius 1 is 1.15 bits per heavy atom. The monoisotopic (exact) mass is 466 g/mol. The number of rotatable bonds is 10. The van der Waals surface area contributed by atoms with Crippen LogP contribution in [0, 0.1) is 5.92 Å². The van der Waals surface area contributed by atoms with Crippen molar-refractivity contribution < 1.29 is 19.1 Å². The summed E-state index contributed by atoms with van der Waals surface area (Å²) in [6.45, 7) is 8.33. The van der Waals surface area contributed by atoms with Gasteiger partial charge in [-0.25, -0.2) is 9.78 Å². The quantitative estimate of drug-likeness (QED) is 0.414. The molecule has 182 valence electrons. The van der Waals surface area contributed by atoms with Gasteiger partial charge in [-0.3, -0.25) is 4.79 Å². The van der Waals surface area contributed by atoms with E-state index in [4.69, 9.17) is 9.47 Å². The third kappa shape index (κ3) is 5.68. The number of anilines is 2. The number of esters is 1. The zero-order valence-corrected chi connectivity index (χ0v) is 20.8. The summed E-state index contributed by atoms with van der Waals surface area (Å²) < 4.78 is 12.4. The van der Waals surface area contributed by atoms with E-state index in [0.717, 1.165) is 29.8 Å². The molecule has 2 N–H and O–H groups in total. The molecule has 3 rings (SSSR count). The number of fused-ring (bicyclic) bond motifs is 1. The van der Waals surface area contributed by atoms with Gasteiger partial charge in [0.05, 0.1) is 31.8 Å². The SMILES string of the molecule is COC(=O)c1c(NC(C)=O)c2cc(N[C@H](C)Cc3ccccc3OC)cnc2n1CCC(C)C. The molecule has 2 aromatic heterocycles. The first-order chi connectivity index (χ1) is 16.2. The number of amides is 1. The number of para-hydroxylation sites is 1. The minimum Gasteiger partial charge on any atom is -0.496 e. The Balaban J connectivity index is 2.00. The first-order valence-electron chi connectivity index (χ1n) is 11.5. The maximum atomic E-state index is 12.7. The smallest absolute Gasteiger partial charge is 0.356 e. The van der Waals surface area contributed by atoms with Crippen LogP contribution < -0.4 is 15.4 Å². The predicted octanol–water partition coefficient (Wildman–Crippen LogP) is 4.88. The normalized spacial score (nSPS) is 12.0. The van der Waals surface area contributed by atoms with Crippen LogP contribution in [0.15, 0.2) is 36.5 Å². The molecule has 2 heterocycles. The summed E-state index contributed by atoms with van der Waals surface area (Å²) in [5, 5.41) is 7.00. The van der Waals surface area contributed by atoms with Crippen LogP contribution in [0.2, 0.25) is 0 Å². The van der Waals surface area contributed by atoms with Crippen molar-refractivity contribution in [3.05, 3.63) is 47.8 Å². The topological polar surface area (TPSA) is 94.5 Å². The number of aromatic nitrogens is 2. The molecule has 8 heteroatoms. The highest BCUT2D eigenvalue weighted by atomic mass is 16.5. The molecule has 0 saturated heterocycles. The first-order valence-corrected chi connectivity index (χ1v) is 11.5. The number of nitrogens with one attached hydrogen (secondary N) is 2. The zero-order valence-electron chi connectivity index (χ0n) is 20.8. The number of carbonyl (C=O) groups is 2. The summed E-state index contributed by atoms with van der Waals surface area (Å²) >= 11 is 0. The molecule has 0 spiro atoms. The van der Waals surface area contributed by atoms with Crippen LogP contribution in [-0.2, 0) is 22.5 Å². The van der Waals surface area contributed by atoms with E-state index in [9.17, 15) is 9.59 Å². The Hall–Kier alpha value is -3.55. The van der Waals surface area contributed by atoms with Crippen LogP contribution in [-0.4, -0.2) is 41.7 Å². The summed E-state index contributed by atoms with van der Waals surface area (Å²) in [6.07, 6.45) is 3.36. The highest BCUT2D eigenvalue weighted by molar-refractivity contribution is 6.10. The van der Waals surface area contributed by atoms with Gasteiger partial charge >= 0.3 is 5.97 Å². The van der Waals surface area contributed by atoms with Crippen molar-refractivity contribution in [3.63, 3.8) is 0 Å². The van der Waals surface area contributed by atoms with Crippen molar-refractivity contribution >= 4 is 34.3 Å². The number of ether oxygens (including phenoxy) is 2. The average molecular weight is 467 g/mol. The Morgan fingerprint density at radius 2 is 1.88 bits per heavy atom. The van der Waals surface area contributed by atoms with E-state index in [1.807, 2.05) is 34.9 Å². The van der Waals surface area contributed by atoms with Crippen LogP contribution in [0.5, 0.6) is 5.75 Å². The summed E-state index contributed by atoms with van der Waals surface area (Å²) in [7, 11) is 3.01. The molecule has 1 atom stereocenters. The van der Waals surface area contributed by atoms with Gasteiger partial charge in [-0.05, 0) is 43.4 Å². The number of hydrogen-bond donors (Lipinski definition) is 2. The number of nitrogens with zero attached hydrogens (tertiary/aromatic N) is 2. The molecular formula is C26H34N4O4. The molecule has 8 nitrogen and oxygen atoms in total. The van der Waals surface area contributed by atoms with E-state index in [0.29, 0.717) is 34.9 Å². The van der Waals surface area contributed by atoms with E-state index in [-0.39, 0.29) is 11.9 Å². The molecule has 0 aliphatic heterocycles. The molecule has 1 aromatic carbocycles. The third-order valence-electron chi connectivity index (χ3n) is 5.64. The van der Waals surface area contributed by atoms with Gasteiger partial charge in [-0.1, -0.05) is 32.0 Å². The molecule has 0 aliphatic rings. The average Bonchev–Trinajstić information content (AvgIpc) is 3.09. The second-order valence-corrected chi connectivity index (χ2v) is 8.89. The van der Waals surface area contributed by atoms with Crippen LogP contribution in [0.25, 0.3) is 11.0 Å². The minimum absolute atomic E-state index is 0.0860. The fourth-order valence-electron chi connectivity index (χ4n) is 4.06. The zero-order chi connectivity index (χ0) is 24.8. The van der Waals surface area contributed by atoms with Gasteiger partial charge in [-0.2, -0.15) is 0 Å². The lowest BCUT2D eigenvalue weighted by Crippen LogP contribution is -2.18. The minimum atomic E-state index is -0.510. The Morgan fingerprint density at radius 3 is 2.53 bits per heavy atom. The standard InChI is InChI=1S/C26H34N4O4/c1-16(2)11-12-30-24(26(32)34-6)23(29-18(4)31)21-14-20(15-27-25(21)30)28-17(3)13-19-9-7-8-10-22(19)33-5/h7-10,14-17,28H,11-13H2,1-6H3,(H,29,31)/t17-/m1/s1. The number of carbonyl (C=O) groups excluding carboxylic acids is 2. The maximum Gasteiger partial charge on any atom is 0.356 e. The van der Waals surface area contributed by atoms with E-state index in [1.54, 1.807) is 13.3 Å². The number of aryl methyl sites for hydroxylation is 1. The fourth-order valence-corrected chi connectivity index (χ4v) is 4.06. The van der Waals surface area contributed by atoms with Crippen molar-refractivity contribution in [2.45, 2.75) is 53.1 Å². The van der Waals surface area contributed by atoms with Crippen molar-refractivity contribution in [1.82, 2.24) is 9.55 Å². The molecule has 1 amide bonds. The van der Waals surface area contributed by atoms with Crippen molar-refractivity contribution in [1.29, 1.82) is 0 Å². The van der Waals surface area contributed by atoms with Crippen molar-refractivity contribution in [2.24, 2.45) is 5.92 Å². The van der Waals surface area contributed by atoms with E-state index >= 15 is 0 Å². The van der Waals surface area contributed by atoms with Crippen LogP contribution in [0.1, 0.15) is 50.2 Å². The summed E-state index contributed by atoms with van der Waals surface area (Å²) in [4.78, 5) is 29.4. The van der Waals surface area contributed by atoms with E-state index < -0.39 is 5.97 Å². The maximum absolute atomic E-state index is 12.7. The summed E-state index contributed by atoms with van der Waals surface area (Å²) in [6, 6.07) is 9.94. The molecule has 34 heavy (non-hydrogen) atoms. The first kappa shape index (κ1) is 25.1. The molecule has 0 radical (unpaired) electrons. The number of hydrogen-bond acceptors (Lipinski definition) is 6. The summed E-state index contributed by atoms with van der Waals surface area (Å²) in [5.74, 6) is 0.507. The molecule has 0 unspecified atom stereocenters. The lowest BCUT2D eigenvalue weighted by Gasteiger charge is -2.17. The Kier molecular flexibility index (Phi) is 8.15. The Labute approximate surface area is 200 Å². The molecular weight excluding hydrogens is 432 g/mol. The molecule has 0 saturated carbocycles. The van der Waals surface area contributed by atoms with Crippen molar-refractivity contribution in [3.8, 4) is 5.75 Å². The molecule has 0 bridgehead atoms. The fraction of sp³-hybridized carbons (Fsp3) is 0.423. The number of pyridine rings is 1. The second kappa shape index (κ2) is 11.0. The van der Waals surface area contributed by atoms with Gasteiger partial charge in [0.1, 0.15) is 11.4 Å². The van der Waals surface area contributed by atoms with Gasteiger partial charge in [-0.15, -0.1) is 0 Å². The third-order valence-corrected chi connectivity index (χ3v) is 5.64. The largest absolute Gasteiger partial charge is 0.496 e. The van der Waals surface area contributed by atoms with Crippen LogP contribution >= 0.6 is 0 Å². The second-order valence-electron chi connectivity index (χ2n) is 8.89. The highest BCUT2D eigenvalue weighted by Crippen LogP contribution is 2.33. The van der Waals surface area contributed by atoms with E-state index in [1.165, 1.54) is 14.0 Å². The van der Waals surface area contributed by atoms with Gasteiger partial charge in [0.2, 0.25) is 5.91 Å². The number of methoxy groups -OCH3 is 2. The van der Waals surface area contributed by atoms with Crippen molar-refractivity contribution in [2.75, 3.05) is 24.9 Å². The van der Waals surface area contributed by atoms with Gasteiger partial charge in [0.15, 0.2) is 5.69 Å². The predicted molar refractivity (Wildman–Crippen MR) is 135 cm³/mol. The van der Waals surface area contributed by atoms with Gasteiger partial charge < -0.3 is 24.7 Å². The van der Waals surface area contributed by atoms with Gasteiger partial charge in [0.25, 0.3) is 0 Å². The lowest BCUT2D eigenvalue weighted by molar-refractivity contribution is -0.114. The summed E-state index contributed by atoms with van der Waals surface area (Å²) in [5.41, 5.74) is 3.25. The van der Waals surface area contributed by atoms with Crippen LogP contribution in [0.4, 0.5) is 11.4 Å². The molecule has 0 fully saturated rings. The Bertz CT molecular complexity index is 1170. The highest BCUT2D eigenvalue weighted by Gasteiger charge is 2.25. The lowest BCUT2D eigenvalue weighted by atomic mass is 10.1. The molecule has 3 aromatic rings. The van der Waals surface area contributed by atoms with E-state index in [2.05, 4.69) is 36.4 Å². The van der Waals surface area contributed by atoms with Crippen LogP contribution in [0.3, 0.4) is 0 Å². The van der Waals surface area contributed by atoms with Gasteiger partial charge in [0, 0.05) is 24.9 Å².